The summed E-state index contributed by atoms with van der Waals surface area (Å²) in [6, 6.07) is 2.65. The lowest BCUT2D eigenvalue weighted by Gasteiger charge is -2.25. The molecule has 0 aliphatic rings. The molecule has 7 heteroatoms. The third kappa shape index (κ3) is 4.51. The maximum atomic E-state index is 13.6. The Hall–Kier alpha value is -2.15. The molecule has 1 aromatic carbocycles. The molecular formula is C13H17FN2O4. The van der Waals surface area contributed by atoms with Gasteiger partial charge >= 0.3 is 12.0 Å². The molecule has 1 aromatic rings. The Kier molecular flexibility index (Phi) is 5.04. The molecule has 110 valence electrons. The van der Waals surface area contributed by atoms with E-state index in [1.165, 1.54) is 19.2 Å². The number of rotatable bonds is 5. The van der Waals surface area contributed by atoms with Crippen molar-refractivity contribution in [3.63, 3.8) is 0 Å². The lowest BCUT2D eigenvalue weighted by molar-refractivity contribution is 0.0696. The van der Waals surface area contributed by atoms with E-state index in [2.05, 4.69) is 10.6 Å². The normalized spacial score (nSPS) is 11.0. The van der Waals surface area contributed by atoms with Crippen molar-refractivity contribution < 1.29 is 23.8 Å². The first-order valence-electron chi connectivity index (χ1n) is 5.86. The number of benzene rings is 1. The second kappa shape index (κ2) is 6.33. The summed E-state index contributed by atoms with van der Waals surface area (Å²) in [5.74, 6) is -2.05. The molecule has 0 aliphatic carbocycles. The van der Waals surface area contributed by atoms with Crippen molar-refractivity contribution in [1.29, 1.82) is 0 Å². The smallest absolute Gasteiger partial charge is 0.335 e. The number of aromatic carboxylic acids is 1. The topological polar surface area (TPSA) is 87.7 Å². The molecule has 0 radical (unpaired) electrons. The third-order valence-corrected chi connectivity index (χ3v) is 2.42. The Morgan fingerprint density at radius 1 is 1.40 bits per heavy atom. The minimum Gasteiger partial charge on any atom is -0.478 e. The van der Waals surface area contributed by atoms with Gasteiger partial charge in [0.05, 0.1) is 23.4 Å². The minimum absolute atomic E-state index is 0.0966. The Balaban J connectivity index is 2.74. The van der Waals surface area contributed by atoms with Crippen molar-refractivity contribution in [2.75, 3.05) is 19.0 Å². The second-order valence-corrected chi connectivity index (χ2v) is 4.90. The lowest BCUT2D eigenvalue weighted by atomic mass is 10.1. The number of carboxylic acids is 1. The van der Waals surface area contributed by atoms with Crippen LogP contribution in [0, 0.1) is 5.82 Å². The zero-order chi connectivity index (χ0) is 15.3. The fourth-order valence-electron chi connectivity index (χ4n) is 1.61. The SMILES string of the molecule is COCC(C)(C)NC(=O)Nc1ccc(C(=O)O)cc1F. The predicted molar refractivity (Wildman–Crippen MR) is 71.5 cm³/mol. The van der Waals surface area contributed by atoms with Gasteiger partial charge in [0.2, 0.25) is 0 Å². The minimum atomic E-state index is -1.24. The molecule has 0 aromatic heterocycles. The highest BCUT2D eigenvalue weighted by Gasteiger charge is 2.20. The van der Waals surface area contributed by atoms with Gasteiger partial charge in [0.1, 0.15) is 5.82 Å². The summed E-state index contributed by atoms with van der Waals surface area (Å²) in [6.07, 6.45) is 0. The van der Waals surface area contributed by atoms with Crippen LogP contribution in [0.5, 0.6) is 0 Å². The summed E-state index contributed by atoms with van der Waals surface area (Å²) in [6.45, 7) is 3.79. The van der Waals surface area contributed by atoms with Crippen LogP contribution in [0.3, 0.4) is 0 Å². The van der Waals surface area contributed by atoms with E-state index in [-0.39, 0.29) is 11.3 Å². The van der Waals surface area contributed by atoms with Crippen LogP contribution in [0.2, 0.25) is 0 Å². The van der Waals surface area contributed by atoms with Gasteiger partial charge in [-0.25, -0.2) is 14.0 Å². The summed E-state index contributed by atoms with van der Waals surface area (Å²) in [5, 5.41) is 13.6. The number of ether oxygens (including phenoxy) is 1. The first-order valence-corrected chi connectivity index (χ1v) is 5.86. The van der Waals surface area contributed by atoms with Crippen molar-refractivity contribution in [3.8, 4) is 0 Å². The van der Waals surface area contributed by atoms with E-state index in [0.29, 0.717) is 6.61 Å². The van der Waals surface area contributed by atoms with Crippen LogP contribution in [0.15, 0.2) is 18.2 Å². The quantitative estimate of drug-likeness (QED) is 0.772. The van der Waals surface area contributed by atoms with Crippen LogP contribution >= 0.6 is 0 Å². The molecule has 0 atom stereocenters. The molecule has 0 saturated heterocycles. The molecule has 0 bridgehead atoms. The van der Waals surface area contributed by atoms with E-state index >= 15 is 0 Å². The second-order valence-electron chi connectivity index (χ2n) is 4.90. The van der Waals surface area contributed by atoms with E-state index in [1.807, 2.05) is 0 Å². The monoisotopic (exact) mass is 284 g/mol. The van der Waals surface area contributed by atoms with Crippen molar-refractivity contribution in [2.24, 2.45) is 0 Å². The van der Waals surface area contributed by atoms with Crippen molar-refractivity contribution in [1.82, 2.24) is 5.32 Å². The van der Waals surface area contributed by atoms with Crippen LogP contribution in [0.25, 0.3) is 0 Å². The predicted octanol–water partition coefficient (Wildman–Crippen LogP) is 2.07. The Labute approximate surface area is 115 Å². The number of methoxy groups -OCH3 is 1. The Bertz CT molecular complexity index is 517. The first-order chi connectivity index (χ1) is 9.25. The molecule has 1 rings (SSSR count). The highest BCUT2D eigenvalue weighted by molar-refractivity contribution is 5.92. The molecule has 6 nitrogen and oxygen atoms in total. The molecule has 0 heterocycles. The number of halogens is 1. The van der Waals surface area contributed by atoms with Crippen LogP contribution in [-0.2, 0) is 4.74 Å². The number of hydrogen-bond acceptors (Lipinski definition) is 3. The maximum absolute atomic E-state index is 13.6. The molecule has 0 spiro atoms. The standard InChI is InChI=1S/C13H17FN2O4/c1-13(2,7-20-3)16-12(19)15-10-5-4-8(11(17)18)6-9(10)14/h4-6H,7H2,1-3H3,(H,17,18)(H2,15,16,19). The maximum Gasteiger partial charge on any atom is 0.335 e. The number of hydrogen-bond donors (Lipinski definition) is 3. The van der Waals surface area contributed by atoms with Gasteiger partial charge in [-0.3, -0.25) is 0 Å². The lowest BCUT2D eigenvalue weighted by Crippen LogP contribution is -2.48. The number of carbonyl (C=O) groups excluding carboxylic acids is 1. The van der Waals surface area contributed by atoms with Crippen molar-refractivity contribution in [3.05, 3.63) is 29.6 Å². The number of urea groups is 1. The van der Waals surface area contributed by atoms with Crippen LogP contribution in [0.4, 0.5) is 14.9 Å². The average molecular weight is 284 g/mol. The number of anilines is 1. The molecule has 0 aliphatic heterocycles. The highest BCUT2D eigenvalue weighted by atomic mass is 19.1. The molecule has 0 unspecified atom stereocenters. The van der Waals surface area contributed by atoms with E-state index < -0.39 is 23.4 Å². The van der Waals surface area contributed by atoms with Gasteiger partial charge in [-0.1, -0.05) is 0 Å². The fraction of sp³-hybridized carbons (Fsp3) is 0.385. The van der Waals surface area contributed by atoms with Crippen LogP contribution in [0.1, 0.15) is 24.2 Å². The zero-order valence-corrected chi connectivity index (χ0v) is 11.5. The summed E-state index contributed by atoms with van der Waals surface area (Å²) in [7, 11) is 1.51. The van der Waals surface area contributed by atoms with E-state index in [1.54, 1.807) is 13.8 Å². The summed E-state index contributed by atoms with van der Waals surface area (Å²) >= 11 is 0. The summed E-state index contributed by atoms with van der Waals surface area (Å²) in [5.41, 5.74) is -0.898. The summed E-state index contributed by atoms with van der Waals surface area (Å²) < 4.78 is 18.6. The van der Waals surface area contributed by atoms with Gasteiger partial charge in [0, 0.05) is 7.11 Å². The third-order valence-electron chi connectivity index (χ3n) is 2.42. The highest BCUT2D eigenvalue weighted by Crippen LogP contribution is 2.16. The van der Waals surface area contributed by atoms with Crippen LogP contribution < -0.4 is 10.6 Å². The van der Waals surface area contributed by atoms with Gasteiger partial charge in [-0.2, -0.15) is 0 Å². The van der Waals surface area contributed by atoms with E-state index in [4.69, 9.17) is 9.84 Å². The first kappa shape index (κ1) is 15.9. The average Bonchev–Trinajstić information content (AvgIpc) is 2.30. The number of nitrogens with one attached hydrogen (secondary N) is 2. The van der Waals surface area contributed by atoms with E-state index in [0.717, 1.165) is 6.07 Å². The van der Waals surface area contributed by atoms with Gasteiger partial charge in [0.15, 0.2) is 0 Å². The number of carbonyl (C=O) groups is 2. The van der Waals surface area contributed by atoms with Crippen LogP contribution in [-0.4, -0.2) is 36.4 Å². The van der Waals surface area contributed by atoms with Gasteiger partial charge in [-0.15, -0.1) is 0 Å². The van der Waals surface area contributed by atoms with Gasteiger partial charge in [0.25, 0.3) is 0 Å². The molecular weight excluding hydrogens is 267 g/mol. The molecule has 20 heavy (non-hydrogen) atoms. The van der Waals surface area contributed by atoms with Gasteiger partial charge < -0.3 is 20.5 Å². The molecule has 3 N–H and O–H groups in total. The van der Waals surface area contributed by atoms with Crippen molar-refractivity contribution >= 4 is 17.7 Å². The molecule has 0 fully saturated rings. The molecule has 0 saturated carbocycles. The Morgan fingerprint density at radius 2 is 2.05 bits per heavy atom. The Morgan fingerprint density at radius 3 is 2.55 bits per heavy atom. The number of amides is 2. The van der Waals surface area contributed by atoms with Gasteiger partial charge in [-0.05, 0) is 32.0 Å². The number of carboxylic acid groups (broad SMARTS) is 1. The largest absolute Gasteiger partial charge is 0.478 e. The van der Waals surface area contributed by atoms with E-state index in [9.17, 15) is 14.0 Å². The van der Waals surface area contributed by atoms with Crippen molar-refractivity contribution in [2.45, 2.75) is 19.4 Å². The fourth-order valence-corrected chi connectivity index (χ4v) is 1.61. The summed E-state index contributed by atoms with van der Waals surface area (Å²) in [4.78, 5) is 22.4. The molecule has 2 amide bonds. The zero-order valence-electron chi connectivity index (χ0n) is 11.5.